The molecule has 0 bridgehead atoms. The summed E-state index contributed by atoms with van der Waals surface area (Å²) in [6, 6.07) is 12.8. The number of nitrogens with one attached hydrogen (secondary N) is 1. The Kier molecular flexibility index (Phi) is 5.92. The van der Waals surface area contributed by atoms with Crippen molar-refractivity contribution in [1.82, 2.24) is 0 Å². The predicted octanol–water partition coefficient (Wildman–Crippen LogP) is 2.78. The van der Waals surface area contributed by atoms with Gasteiger partial charge >= 0.3 is 0 Å². The summed E-state index contributed by atoms with van der Waals surface area (Å²) >= 11 is 0. The Morgan fingerprint density at radius 3 is 2.50 bits per heavy atom. The average Bonchev–Trinajstić information content (AvgIpc) is 2.52. The Morgan fingerprint density at radius 1 is 1.17 bits per heavy atom. The van der Waals surface area contributed by atoms with Crippen LogP contribution in [0.1, 0.15) is 12.0 Å². The SMILES string of the molecule is CS(=O)(=O)CCC(=O)Nc1ccc(OCc2cccc(F)c2)cc1. The van der Waals surface area contributed by atoms with Gasteiger partial charge in [-0.05, 0) is 42.0 Å². The van der Waals surface area contributed by atoms with Crippen LogP contribution in [0.4, 0.5) is 10.1 Å². The first-order valence-electron chi connectivity index (χ1n) is 7.27. The second-order valence-electron chi connectivity index (χ2n) is 5.37. The summed E-state index contributed by atoms with van der Waals surface area (Å²) in [5, 5.41) is 2.61. The van der Waals surface area contributed by atoms with Crippen molar-refractivity contribution in [1.29, 1.82) is 0 Å². The first kappa shape index (κ1) is 17.9. The Labute approximate surface area is 140 Å². The Bertz CT molecular complexity index is 804. The van der Waals surface area contributed by atoms with Gasteiger partial charge in [0.2, 0.25) is 5.91 Å². The minimum Gasteiger partial charge on any atom is -0.489 e. The first-order valence-corrected chi connectivity index (χ1v) is 9.33. The summed E-state index contributed by atoms with van der Waals surface area (Å²) in [5.41, 5.74) is 1.26. The number of benzene rings is 2. The van der Waals surface area contributed by atoms with Crippen LogP contribution in [0.5, 0.6) is 5.75 Å². The van der Waals surface area contributed by atoms with Crippen molar-refractivity contribution >= 4 is 21.4 Å². The highest BCUT2D eigenvalue weighted by Crippen LogP contribution is 2.17. The Hall–Kier alpha value is -2.41. The van der Waals surface area contributed by atoms with Crippen molar-refractivity contribution in [2.45, 2.75) is 13.0 Å². The molecule has 0 saturated heterocycles. The standard InChI is InChI=1S/C17H18FNO4S/c1-24(21,22)10-9-17(20)19-15-5-7-16(8-6-15)23-12-13-3-2-4-14(18)11-13/h2-8,11H,9-10,12H2,1H3,(H,19,20). The average molecular weight is 351 g/mol. The molecule has 0 atom stereocenters. The van der Waals surface area contributed by atoms with Crippen molar-refractivity contribution in [2.24, 2.45) is 0 Å². The zero-order chi connectivity index (χ0) is 17.6. The topological polar surface area (TPSA) is 72.5 Å². The molecule has 0 spiro atoms. The van der Waals surface area contributed by atoms with Gasteiger partial charge in [0.1, 0.15) is 28.0 Å². The van der Waals surface area contributed by atoms with Gasteiger partial charge in [0, 0.05) is 18.4 Å². The van der Waals surface area contributed by atoms with Crippen LogP contribution in [0.2, 0.25) is 0 Å². The molecule has 128 valence electrons. The second-order valence-corrected chi connectivity index (χ2v) is 7.63. The summed E-state index contributed by atoms with van der Waals surface area (Å²) in [4.78, 5) is 11.6. The van der Waals surface area contributed by atoms with Gasteiger partial charge in [0.25, 0.3) is 0 Å². The van der Waals surface area contributed by atoms with Crippen molar-refractivity contribution in [3.63, 3.8) is 0 Å². The van der Waals surface area contributed by atoms with E-state index in [-0.39, 0.29) is 30.5 Å². The lowest BCUT2D eigenvalue weighted by Gasteiger charge is -2.08. The Balaban J connectivity index is 1.85. The third-order valence-corrected chi connectivity index (χ3v) is 4.08. The zero-order valence-electron chi connectivity index (χ0n) is 13.2. The van der Waals surface area contributed by atoms with Gasteiger partial charge in [-0.3, -0.25) is 4.79 Å². The minimum atomic E-state index is -3.16. The van der Waals surface area contributed by atoms with Crippen molar-refractivity contribution < 1.29 is 22.3 Å². The van der Waals surface area contributed by atoms with Crippen molar-refractivity contribution in [3.8, 4) is 5.75 Å². The Morgan fingerprint density at radius 2 is 1.88 bits per heavy atom. The number of carbonyl (C=O) groups is 1. The summed E-state index contributed by atoms with van der Waals surface area (Å²) in [6.07, 6.45) is 1.00. The molecule has 1 amide bonds. The molecule has 0 aliphatic rings. The largest absolute Gasteiger partial charge is 0.489 e. The van der Waals surface area contributed by atoms with Crippen molar-refractivity contribution in [2.75, 3.05) is 17.3 Å². The normalized spacial score (nSPS) is 11.1. The number of halogens is 1. The molecule has 0 heterocycles. The molecular weight excluding hydrogens is 333 g/mol. The van der Waals surface area contributed by atoms with E-state index in [1.807, 2.05) is 0 Å². The van der Waals surface area contributed by atoms with Gasteiger partial charge < -0.3 is 10.1 Å². The molecule has 1 N–H and O–H groups in total. The lowest BCUT2D eigenvalue weighted by Crippen LogP contribution is -2.16. The van der Waals surface area contributed by atoms with E-state index in [9.17, 15) is 17.6 Å². The third-order valence-electron chi connectivity index (χ3n) is 3.13. The van der Waals surface area contributed by atoms with Crippen LogP contribution < -0.4 is 10.1 Å². The lowest BCUT2D eigenvalue weighted by molar-refractivity contribution is -0.115. The molecule has 5 nitrogen and oxygen atoms in total. The number of carbonyl (C=O) groups excluding carboxylic acids is 1. The number of hydrogen-bond donors (Lipinski definition) is 1. The highest BCUT2D eigenvalue weighted by Gasteiger charge is 2.08. The molecule has 0 aliphatic heterocycles. The van der Waals surface area contributed by atoms with E-state index in [0.717, 1.165) is 6.26 Å². The summed E-state index contributed by atoms with van der Waals surface area (Å²) < 4.78 is 40.7. The van der Waals surface area contributed by atoms with Gasteiger partial charge in [0.15, 0.2) is 0 Å². The van der Waals surface area contributed by atoms with Crippen LogP contribution in [-0.4, -0.2) is 26.3 Å². The van der Waals surface area contributed by atoms with Gasteiger partial charge in [-0.1, -0.05) is 12.1 Å². The molecule has 2 aromatic rings. The fraction of sp³-hybridized carbons (Fsp3) is 0.235. The number of ether oxygens (including phenoxy) is 1. The lowest BCUT2D eigenvalue weighted by atomic mass is 10.2. The molecule has 0 fully saturated rings. The van der Waals surface area contributed by atoms with Crippen molar-refractivity contribution in [3.05, 3.63) is 59.9 Å². The highest BCUT2D eigenvalue weighted by molar-refractivity contribution is 7.90. The number of hydrogen-bond acceptors (Lipinski definition) is 4. The van der Waals surface area contributed by atoms with E-state index in [2.05, 4.69) is 5.32 Å². The van der Waals surface area contributed by atoms with E-state index in [4.69, 9.17) is 4.74 Å². The van der Waals surface area contributed by atoms with Crippen LogP contribution in [0.3, 0.4) is 0 Å². The predicted molar refractivity (Wildman–Crippen MR) is 90.1 cm³/mol. The first-order chi connectivity index (χ1) is 11.3. The van der Waals surface area contributed by atoms with E-state index >= 15 is 0 Å². The smallest absolute Gasteiger partial charge is 0.225 e. The van der Waals surface area contributed by atoms with E-state index in [0.29, 0.717) is 17.0 Å². The summed E-state index contributed by atoms with van der Waals surface area (Å²) in [5.74, 6) is -0.293. The number of rotatable bonds is 7. The number of anilines is 1. The molecular formula is C17H18FNO4S. The minimum absolute atomic E-state index is 0.0867. The third kappa shape index (κ3) is 6.37. The van der Waals surface area contributed by atoms with Crippen LogP contribution in [0.15, 0.2) is 48.5 Å². The monoisotopic (exact) mass is 351 g/mol. The van der Waals surface area contributed by atoms with Crippen LogP contribution in [0, 0.1) is 5.82 Å². The van der Waals surface area contributed by atoms with Gasteiger partial charge in [-0.25, -0.2) is 12.8 Å². The molecule has 0 aliphatic carbocycles. The molecule has 2 rings (SSSR count). The number of amides is 1. The summed E-state index contributed by atoms with van der Waals surface area (Å²) in [7, 11) is -3.16. The van der Waals surface area contributed by atoms with Gasteiger partial charge in [0.05, 0.1) is 5.75 Å². The maximum absolute atomic E-state index is 13.1. The van der Waals surface area contributed by atoms with Gasteiger partial charge in [-0.15, -0.1) is 0 Å². The zero-order valence-corrected chi connectivity index (χ0v) is 14.0. The molecule has 2 aromatic carbocycles. The van der Waals surface area contributed by atoms with E-state index in [1.165, 1.54) is 12.1 Å². The van der Waals surface area contributed by atoms with Crippen LogP contribution >= 0.6 is 0 Å². The molecule has 0 aromatic heterocycles. The van der Waals surface area contributed by atoms with E-state index in [1.54, 1.807) is 36.4 Å². The van der Waals surface area contributed by atoms with E-state index < -0.39 is 9.84 Å². The maximum atomic E-state index is 13.1. The fourth-order valence-corrected chi connectivity index (χ4v) is 2.49. The number of sulfone groups is 1. The fourth-order valence-electron chi connectivity index (χ4n) is 1.93. The second kappa shape index (κ2) is 7.92. The molecule has 7 heteroatoms. The highest BCUT2D eigenvalue weighted by atomic mass is 32.2. The molecule has 0 radical (unpaired) electrons. The molecule has 0 unspecified atom stereocenters. The molecule has 24 heavy (non-hydrogen) atoms. The quantitative estimate of drug-likeness (QED) is 0.832. The maximum Gasteiger partial charge on any atom is 0.225 e. The van der Waals surface area contributed by atoms with Crippen LogP contribution in [0.25, 0.3) is 0 Å². The van der Waals surface area contributed by atoms with Gasteiger partial charge in [-0.2, -0.15) is 0 Å². The molecule has 0 saturated carbocycles. The van der Waals surface area contributed by atoms with Crippen LogP contribution in [-0.2, 0) is 21.2 Å². The summed E-state index contributed by atoms with van der Waals surface area (Å²) in [6.45, 7) is 0.234.